The van der Waals surface area contributed by atoms with Gasteiger partial charge in [0.05, 0.1) is 39.0 Å². The molecule has 1 N–H and O–H groups in total. The van der Waals surface area contributed by atoms with Crippen molar-refractivity contribution in [3.63, 3.8) is 0 Å². The van der Waals surface area contributed by atoms with Gasteiger partial charge in [-0.15, -0.1) is 0 Å². The number of amides is 2. The van der Waals surface area contributed by atoms with Crippen molar-refractivity contribution in [1.82, 2.24) is 10.2 Å². The highest BCUT2D eigenvalue weighted by molar-refractivity contribution is 7.92. The van der Waals surface area contributed by atoms with E-state index in [-0.39, 0.29) is 46.1 Å². The van der Waals surface area contributed by atoms with Crippen LogP contribution in [0.2, 0.25) is 10.0 Å². The molecular formula is C38H43Cl2N3O8S. The number of nitrogens with one attached hydrogen (secondary N) is 1. The van der Waals surface area contributed by atoms with E-state index in [2.05, 4.69) is 5.32 Å². The molecule has 0 aliphatic heterocycles. The lowest BCUT2D eigenvalue weighted by molar-refractivity contribution is -0.140. The van der Waals surface area contributed by atoms with E-state index >= 15 is 0 Å². The lowest BCUT2D eigenvalue weighted by Crippen LogP contribution is -2.54. The highest BCUT2D eigenvalue weighted by Gasteiger charge is 2.36. The molecule has 0 fully saturated rings. The molecule has 2 atom stereocenters. The Morgan fingerprint density at radius 1 is 0.808 bits per heavy atom. The second-order valence-corrected chi connectivity index (χ2v) is 14.6. The van der Waals surface area contributed by atoms with Crippen LogP contribution in [0.5, 0.6) is 23.0 Å². The van der Waals surface area contributed by atoms with E-state index in [0.717, 1.165) is 9.87 Å². The van der Waals surface area contributed by atoms with Crippen molar-refractivity contribution < 1.29 is 37.0 Å². The number of carbonyl (C=O) groups is 2. The van der Waals surface area contributed by atoms with Crippen LogP contribution in [0.4, 0.5) is 5.69 Å². The van der Waals surface area contributed by atoms with Crippen LogP contribution in [0.3, 0.4) is 0 Å². The molecule has 0 aliphatic rings. The third-order valence-electron chi connectivity index (χ3n) is 8.50. The zero-order chi connectivity index (χ0) is 38.0. The maximum atomic E-state index is 14.9. The fourth-order valence-corrected chi connectivity index (χ4v) is 7.34. The standard InChI is InChI=1S/C38H43Cl2N3O8S/c1-7-25(2)41-38(45)33(19-26-11-9-8-10-12-26)42(23-27-13-14-28(39)20-31(27)40)37(44)24-43(32-21-29(48-3)15-17-34(32)49-4)52(46,47)30-16-18-35(50-5)36(22-30)51-6/h8-18,20-22,25,33H,7,19,23-24H2,1-6H3,(H,41,45)/t25-,33+/m1/s1. The van der Waals surface area contributed by atoms with Crippen molar-refractivity contribution >= 4 is 50.7 Å². The minimum Gasteiger partial charge on any atom is -0.497 e. The summed E-state index contributed by atoms with van der Waals surface area (Å²) in [5, 5.41) is 3.67. The van der Waals surface area contributed by atoms with Crippen LogP contribution in [0.25, 0.3) is 0 Å². The van der Waals surface area contributed by atoms with Crippen LogP contribution in [-0.2, 0) is 32.6 Å². The van der Waals surface area contributed by atoms with E-state index in [1.807, 2.05) is 44.2 Å². The van der Waals surface area contributed by atoms with Crippen molar-refractivity contribution in [2.24, 2.45) is 0 Å². The van der Waals surface area contributed by atoms with Crippen molar-refractivity contribution in [3.05, 3.63) is 106 Å². The molecule has 0 saturated carbocycles. The molecule has 52 heavy (non-hydrogen) atoms. The first-order valence-corrected chi connectivity index (χ1v) is 18.6. The minimum atomic E-state index is -4.54. The fraction of sp³-hybridized carbons (Fsp3) is 0.316. The fourth-order valence-electron chi connectivity index (χ4n) is 5.44. The Hall–Kier alpha value is -4.65. The average molecular weight is 773 g/mol. The molecule has 4 rings (SSSR count). The summed E-state index contributed by atoms with van der Waals surface area (Å²) in [6, 6.07) is 21.5. The number of methoxy groups -OCH3 is 4. The topological polar surface area (TPSA) is 124 Å². The number of rotatable bonds is 17. The summed E-state index contributed by atoms with van der Waals surface area (Å²) in [6.07, 6.45) is 0.776. The first-order valence-electron chi connectivity index (χ1n) is 16.4. The van der Waals surface area contributed by atoms with Crippen molar-refractivity contribution in [2.45, 2.75) is 50.2 Å². The second kappa shape index (κ2) is 18.2. The predicted molar refractivity (Wildman–Crippen MR) is 202 cm³/mol. The van der Waals surface area contributed by atoms with Gasteiger partial charge < -0.3 is 29.2 Å². The van der Waals surface area contributed by atoms with Crippen LogP contribution >= 0.6 is 23.2 Å². The van der Waals surface area contributed by atoms with Gasteiger partial charge in [-0.2, -0.15) is 0 Å². The van der Waals surface area contributed by atoms with Gasteiger partial charge in [0, 0.05) is 41.2 Å². The van der Waals surface area contributed by atoms with Gasteiger partial charge in [0.25, 0.3) is 10.0 Å². The van der Waals surface area contributed by atoms with E-state index in [0.29, 0.717) is 28.5 Å². The van der Waals surface area contributed by atoms with Crippen molar-refractivity contribution in [2.75, 3.05) is 39.3 Å². The molecule has 11 nitrogen and oxygen atoms in total. The third kappa shape index (κ3) is 9.61. The molecule has 0 radical (unpaired) electrons. The molecule has 0 unspecified atom stereocenters. The summed E-state index contributed by atoms with van der Waals surface area (Å²) in [6.45, 7) is 2.92. The summed E-state index contributed by atoms with van der Waals surface area (Å²) in [7, 11) is 1.10. The molecule has 0 bridgehead atoms. The molecule has 14 heteroatoms. The minimum absolute atomic E-state index is 0.0260. The lowest BCUT2D eigenvalue weighted by Gasteiger charge is -2.34. The molecule has 0 heterocycles. The SMILES string of the molecule is CC[C@@H](C)NC(=O)[C@H](Cc1ccccc1)N(Cc1ccc(Cl)cc1Cl)C(=O)CN(c1cc(OC)ccc1OC)S(=O)(=O)c1ccc(OC)c(OC)c1. The summed E-state index contributed by atoms with van der Waals surface area (Å²) in [5.74, 6) is -0.165. The number of sulfonamides is 1. The summed E-state index contributed by atoms with van der Waals surface area (Å²) < 4.78 is 52.1. The van der Waals surface area contributed by atoms with E-state index in [1.165, 1.54) is 57.6 Å². The Bertz CT molecular complexity index is 1960. The molecule has 4 aromatic rings. The second-order valence-electron chi connectivity index (χ2n) is 11.8. The van der Waals surface area contributed by atoms with Gasteiger partial charge >= 0.3 is 0 Å². The number of halogens is 2. The third-order valence-corrected chi connectivity index (χ3v) is 10.8. The monoisotopic (exact) mass is 771 g/mol. The van der Waals surface area contributed by atoms with Gasteiger partial charge in [-0.3, -0.25) is 13.9 Å². The number of anilines is 1. The highest BCUT2D eigenvalue weighted by atomic mass is 35.5. The maximum Gasteiger partial charge on any atom is 0.265 e. The molecular weight excluding hydrogens is 729 g/mol. The zero-order valence-corrected chi connectivity index (χ0v) is 32.2. The van der Waals surface area contributed by atoms with Crippen molar-refractivity contribution in [3.8, 4) is 23.0 Å². The van der Waals surface area contributed by atoms with Gasteiger partial charge in [0.15, 0.2) is 11.5 Å². The molecule has 0 saturated heterocycles. The average Bonchev–Trinajstić information content (AvgIpc) is 3.15. The largest absolute Gasteiger partial charge is 0.497 e. The quantitative estimate of drug-likeness (QED) is 0.125. The maximum absolute atomic E-state index is 14.9. The Balaban J connectivity index is 1.92. The molecule has 2 amide bonds. The van der Waals surface area contributed by atoms with Gasteiger partial charge in [0.1, 0.15) is 24.1 Å². The normalized spacial score (nSPS) is 12.3. The van der Waals surface area contributed by atoms with Crippen LogP contribution in [0.1, 0.15) is 31.4 Å². The Labute approximate surface area is 315 Å². The molecule has 278 valence electrons. The zero-order valence-electron chi connectivity index (χ0n) is 29.9. The highest BCUT2D eigenvalue weighted by Crippen LogP contribution is 2.38. The smallest absolute Gasteiger partial charge is 0.265 e. The van der Waals surface area contributed by atoms with Gasteiger partial charge in [-0.05, 0) is 60.9 Å². The van der Waals surface area contributed by atoms with Gasteiger partial charge in [-0.25, -0.2) is 8.42 Å². The summed E-state index contributed by atoms with van der Waals surface area (Å²) >= 11 is 12.8. The predicted octanol–water partition coefficient (Wildman–Crippen LogP) is 6.78. The number of hydrogen-bond donors (Lipinski definition) is 1. The Morgan fingerprint density at radius 3 is 2.10 bits per heavy atom. The van der Waals surface area contributed by atoms with Crippen molar-refractivity contribution in [1.29, 1.82) is 0 Å². The van der Waals surface area contributed by atoms with Crippen LogP contribution in [-0.4, -0.2) is 72.2 Å². The van der Waals surface area contributed by atoms with E-state index in [9.17, 15) is 18.0 Å². The summed E-state index contributed by atoms with van der Waals surface area (Å²) in [5.41, 5.74) is 1.32. The van der Waals surface area contributed by atoms with Gasteiger partial charge in [-0.1, -0.05) is 66.5 Å². The molecule has 4 aromatic carbocycles. The molecule has 0 spiro atoms. The number of ether oxygens (including phenoxy) is 4. The van der Waals surface area contributed by atoms with E-state index < -0.39 is 34.4 Å². The Morgan fingerprint density at radius 2 is 1.48 bits per heavy atom. The van der Waals surface area contributed by atoms with E-state index in [1.54, 1.807) is 30.3 Å². The van der Waals surface area contributed by atoms with Crippen LogP contribution < -0.4 is 28.6 Å². The van der Waals surface area contributed by atoms with E-state index in [4.69, 9.17) is 42.1 Å². The number of nitrogens with zero attached hydrogens (tertiary/aromatic N) is 2. The van der Waals surface area contributed by atoms with Crippen LogP contribution in [0, 0.1) is 0 Å². The number of benzene rings is 4. The Kier molecular flexibility index (Phi) is 14.1. The molecule has 0 aliphatic carbocycles. The first kappa shape index (κ1) is 40.1. The first-order chi connectivity index (χ1) is 24.9. The number of hydrogen-bond acceptors (Lipinski definition) is 8. The lowest BCUT2D eigenvalue weighted by atomic mass is 10.0. The van der Waals surface area contributed by atoms with Crippen LogP contribution in [0.15, 0.2) is 89.8 Å². The summed E-state index contributed by atoms with van der Waals surface area (Å²) in [4.78, 5) is 30.2. The molecule has 0 aromatic heterocycles. The van der Waals surface area contributed by atoms with Gasteiger partial charge in [0.2, 0.25) is 11.8 Å². The number of carbonyl (C=O) groups excluding carboxylic acids is 2.